The Labute approximate surface area is 233 Å². The predicted molar refractivity (Wildman–Crippen MR) is 140 cm³/mol. The lowest BCUT2D eigenvalue weighted by Crippen LogP contribution is -2.71. The lowest BCUT2D eigenvalue weighted by Gasteiger charge is -2.49. The van der Waals surface area contributed by atoms with Gasteiger partial charge in [-0.15, -0.1) is 28.2 Å². The van der Waals surface area contributed by atoms with Crippen LogP contribution in [-0.4, -0.2) is 98.8 Å². The number of fused-ring (bicyclic) bond motifs is 1. The van der Waals surface area contributed by atoms with Crippen molar-refractivity contribution in [1.29, 1.82) is 0 Å². The van der Waals surface area contributed by atoms with Crippen LogP contribution in [0.25, 0.3) is 0 Å². The van der Waals surface area contributed by atoms with E-state index in [9.17, 15) is 24.3 Å². The van der Waals surface area contributed by atoms with Gasteiger partial charge in [0.1, 0.15) is 28.9 Å². The van der Waals surface area contributed by atoms with E-state index in [1.807, 2.05) is 0 Å². The maximum Gasteiger partial charge on any atom is 0.352 e. The van der Waals surface area contributed by atoms with Crippen LogP contribution < -0.4 is 11.1 Å². The summed E-state index contributed by atoms with van der Waals surface area (Å²) in [5.74, 6) is -3.17. The monoisotopic (exact) mass is 597 g/mol. The van der Waals surface area contributed by atoms with E-state index < -0.39 is 35.2 Å². The second-order valence-corrected chi connectivity index (χ2v) is 11.3. The minimum absolute atomic E-state index is 0.0549. The number of nitrogens with zero attached hydrogens (tertiary/aromatic N) is 7. The smallest absolute Gasteiger partial charge is 0.352 e. The van der Waals surface area contributed by atoms with Gasteiger partial charge < -0.3 is 26.1 Å². The summed E-state index contributed by atoms with van der Waals surface area (Å²) in [6, 6.07) is -0.991. The molecule has 0 bridgehead atoms. The van der Waals surface area contributed by atoms with Crippen molar-refractivity contribution >= 4 is 69.5 Å². The highest BCUT2D eigenvalue weighted by Gasteiger charge is 2.54. The minimum Gasteiger partial charge on any atom is -0.481 e. The molecule has 0 aliphatic carbocycles. The summed E-state index contributed by atoms with van der Waals surface area (Å²) >= 11 is 3.54. The Morgan fingerprint density at radius 3 is 2.77 bits per heavy atom. The highest BCUT2D eigenvalue weighted by atomic mass is 32.2. The summed E-state index contributed by atoms with van der Waals surface area (Å²) < 4.78 is 1.32. The Balaban J connectivity index is 1.47. The Kier molecular flexibility index (Phi) is 8.70. The Bertz CT molecular complexity index is 1360. The third-order valence-corrected chi connectivity index (χ3v) is 8.34. The van der Waals surface area contributed by atoms with Crippen molar-refractivity contribution in [3.8, 4) is 0 Å². The molecule has 0 spiro atoms. The average Bonchev–Trinajstić information content (AvgIpc) is 3.52. The van der Waals surface area contributed by atoms with Crippen molar-refractivity contribution in [3.05, 3.63) is 22.3 Å². The molecular weight excluding hydrogens is 574 g/mol. The number of amides is 2. The summed E-state index contributed by atoms with van der Waals surface area (Å²) in [6.07, 6.45) is -0.500. The molecule has 19 heteroatoms. The van der Waals surface area contributed by atoms with Gasteiger partial charge in [-0.1, -0.05) is 16.9 Å². The number of carboxylic acid groups (broad SMARTS) is 2. The number of thioether (sulfide) groups is 2. The van der Waals surface area contributed by atoms with E-state index in [1.54, 1.807) is 13.8 Å². The topological polar surface area (TPSA) is 228 Å². The molecule has 16 nitrogen and oxygen atoms in total. The van der Waals surface area contributed by atoms with Gasteiger partial charge in [0.05, 0.1) is 13.0 Å². The molecule has 1 saturated heterocycles. The third kappa shape index (κ3) is 6.31. The van der Waals surface area contributed by atoms with E-state index in [1.165, 1.54) is 21.8 Å². The van der Waals surface area contributed by atoms with E-state index in [2.05, 4.69) is 31.0 Å². The number of rotatable bonds is 12. The molecule has 2 amide bonds. The number of carbonyl (C=O) groups excluding carboxylic acids is 2. The van der Waals surface area contributed by atoms with Crippen molar-refractivity contribution in [1.82, 2.24) is 35.4 Å². The maximum atomic E-state index is 13.1. The van der Waals surface area contributed by atoms with Gasteiger partial charge >= 0.3 is 11.9 Å². The fourth-order valence-electron chi connectivity index (χ4n) is 3.56. The highest BCUT2D eigenvalue weighted by molar-refractivity contribution is 8.01. The first-order valence-corrected chi connectivity index (χ1v) is 14.2. The van der Waals surface area contributed by atoms with Crippen molar-refractivity contribution in [3.63, 3.8) is 0 Å². The molecule has 2 aromatic rings. The number of aryl methyl sites for hydroxylation is 1. The zero-order valence-electron chi connectivity index (χ0n) is 20.5. The molecule has 0 saturated carbocycles. The Morgan fingerprint density at radius 2 is 2.13 bits per heavy atom. The number of nitrogens with two attached hydrogens (primary N) is 1. The summed E-state index contributed by atoms with van der Waals surface area (Å²) in [5, 5.41) is 37.9. The van der Waals surface area contributed by atoms with Crippen LogP contribution in [0.15, 0.2) is 27.0 Å². The summed E-state index contributed by atoms with van der Waals surface area (Å²) in [6.45, 7) is 3.51. The van der Waals surface area contributed by atoms with E-state index in [0.717, 1.165) is 28.0 Å². The van der Waals surface area contributed by atoms with Crippen LogP contribution in [0.1, 0.15) is 26.0 Å². The molecule has 0 radical (unpaired) electrons. The van der Waals surface area contributed by atoms with Gasteiger partial charge in [0.2, 0.25) is 5.16 Å². The van der Waals surface area contributed by atoms with Gasteiger partial charge in [-0.05, 0) is 29.8 Å². The number of anilines is 1. The number of carbonyl (C=O) groups is 4. The normalized spacial score (nSPS) is 19.1. The van der Waals surface area contributed by atoms with Crippen LogP contribution in [0.5, 0.6) is 0 Å². The van der Waals surface area contributed by atoms with Crippen LogP contribution in [-0.2, 0) is 30.6 Å². The maximum absolute atomic E-state index is 13.1. The van der Waals surface area contributed by atoms with Crippen molar-refractivity contribution in [2.45, 2.75) is 49.5 Å². The van der Waals surface area contributed by atoms with Crippen LogP contribution in [0.4, 0.5) is 5.13 Å². The second-order valence-electron chi connectivity index (χ2n) is 8.40. The van der Waals surface area contributed by atoms with Crippen molar-refractivity contribution in [2.75, 3.05) is 17.2 Å². The van der Waals surface area contributed by atoms with Crippen molar-refractivity contribution in [2.24, 2.45) is 5.16 Å². The van der Waals surface area contributed by atoms with E-state index in [-0.39, 0.29) is 52.8 Å². The molecule has 39 heavy (non-hydrogen) atoms. The molecule has 0 aromatic carbocycles. The van der Waals surface area contributed by atoms with Gasteiger partial charge in [-0.25, -0.2) is 14.5 Å². The minimum atomic E-state index is -1.29. The second kappa shape index (κ2) is 12.0. The first-order valence-electron chi connectivity index (χ1n) is 11.3. The number of thiazole rings is 1. The number of hydrogen-bond acceptors (Lipinski definition) is 14. The van der Waals surface area contributed by atoms with E-state index in [0.29, 0.717) is 10.7 Å². The number of nitrogen functional groups attached to an aromatic ring is 1. The first kappa shape index (κ1) is 28.3. The summed E-state index contributed by atoms with van der Waals surface area (Å²) in [4.78, 5) is 59.6. The fourth-order valence-corrected chi connectivity index (χ4v) is 6.49. The SMILES string of the molecule is CC(C)ON=C(C(=O)NC1C(=O)N2C(C(=O)O)=C(CSc3nnnn3CCC(=O)O)CS[C@@H]12)c1csc(N)n1. The molecule has 2 aliphatic rings. The van der Waals surface area contributed by atoms with Crippen LogP contribution in [0, 0.1) is 0 Å². The Morgan fingerprint density at radius 1 is 1.36 bits per heavy atom. The van der Waals surface area contributed by atoms with Crippen LogP contribution >= 0.6 is 34.9 Å². The van der Waals surface area contributed by atoms with Gasteiger partial charge in [-0.2, -0.15) is 0 Å². The molecule has 1 unspecified atom stereocenters. The molecule has 4 heterocycles. The first-order chi connectivity index (χ1) is 18.6. The lowest BCUT2D eigenvalue weighted by atomic mass is 10.0. The van der Waals surface area contributed by atoms with E-state index in [4.69, 9.17) is 15.7 Å². The average molecular weight is 598 g/mol. The Hall–Kier alpha value is -3.71. The van der Waals surface area contributed by atoms with Crippen molar-refractivity contribution < 1.29 is 34.2 Å². The summed E-state index contributed by atoms with van der Waals surface area (Å²) in [5.41, 5.74) is 6.01. The van der Waals surface area contributed by atoms with Gasteiger partial charge in [-0.3, -0.25) is 19.3 Å². The molecular formula is C20H23N9O7S3. The number of aromatic nitrogens is 5. The quantitative estimate of drug-likeness (QED) is 0.108. The number of tetrazole rings is 1. The predicted octanol–water partition coefficient (Wildman–Crippen LogP) is -0.153. The molecule has 208 valence electrons. The number of nitrogens with one attached hydrogen (secondary N) is 1. The largest absolute Gasteiger partial charge is 0.481 e. The zero-order chi connectivity index (χ0) is 28.3. The molecule has 2 atom stereocenters. The number of aliphatic carboxylic acids is 2. The number of hydrogen-bond donors (Lipinski definition) is 4. The van der Waals surface area contributed by atoms with Crippen LogP contribution in [0.3, 0.4) is 0 Å². The summed E-state index contributed by atoms with van der Waals surface area (Å²) in [7, 11) is 0. The number of β-lactam (4-membered cyclic amide) rings is 1. The third-order valence-electron chi connectivity index (χ3n) is 5.28. The molecule has 2 aromatic heterocycles. The van der Waals surface area contributed by atoms with E-state index >= 15 is 0 Å². The molecule has 4 rings (SSSR count). The molecule has 5 N–H and O–H groups in total. The standard InChI is InChI=1S/C20H23N9O7S3/c1-8(2)36-25-12(10-7-38-19(21)22-10)15(32)23-13-16(33)29-14(18(34)35)9(5-37-17(13)29)6-39-20-24-26-27-28(20)4-3-11(30)31/h7-8,13,17H,3-6H2,1-2H3,(H2,21,22)(H,23,32)(H,30,31)(H,34,35)/t13?,17-/m0/s1. The lowest BCUT2D eigenvalue weighted by molar-refractivity contribution is -0.150. The van der Waals surface area contributed by atoms with Gasteiger partial charge in [0.15, 0.2) is 10.8 Å². The highest BCUT2D eigenvalue weighted by Crippen LogP contribution is 2.41. The fraction of sp³-hybridized carbons (Fsp3) is 0.450. The number of carboxylic acids is 2. The van der Waals surface area contributed by atoms with Gasteiger partial charge in [0, 0.05) is 16.9 Å². The zero-order valence-corrected chi connectivity index (χ0v) is 23.0. The molecule has 2 aliphatic heterocycles. The molecule has 1 fully saturated rings. The van der Waals surface area contributed by atoms with Crippen LogP contribution in [0.2, 0.25) is 0 Å². The number of oxime groups is 1. The van der Waals surface area contributed by atoms with Gasteiger partial charge in [0.25, 0.3) is 11.8 Å².